The fourth-order valence-corrected chi connectivity index (χ4v) is 3.01. The van der Waals surface area contributed by atoms with E-state index < -0.39 is 0 Å². The fourth-order valence-electron chi connectivity index (χ4n) is 3.01. The van der Waals surface area contributed by atoms with E-state index in [9.17, 15) is 4.79 Å². The van der Waals surface area contributed by atoms with Crippen LogP contribution in [0.5, 0.6) is 0 Å². The number of piperazine rings is 1. The molecule has 2 heterocycles. The van der Waals surface area contributed by atoms with Crippen LogP contribution in [-0.4, -0.2) is 71.5 Å². The number of aromatic nitrogens is 2. The molecule has 1 fully saturated rings. The lowest BCUT2D eigenvalue weighted by molar-refractivity contribution is 0.0948. The van der Waals surface area contributed by atoms with Crippen molar-refractivity contribution in [3.63, 3.8) is 0 Å². The number of amides is 1. The molecule has 1 aromatic carbocycles. The van der Waals surface area contributed by atoms with Gasteiger partial charge in [-0.2, -0.15) is 0 Å². The lowest BCUT2D eigenvalue weighted by Gasteiger charge is -2.33. The first-order valence-electron chi connectivity index (χ1n) is 8.42. The molecule has 0 atom stereocenters. The Labute approximate surface area is 136 Å². The Balaban J connectivity index is 1.39. The molecule has 0 aliphatic carbocycles. The summed E-state index contributed by atoms with van der Waals surface area (Å²) in [6.07, 6.45) is 2.63. The lowest BCUT2D eigenvalue weighted by atomic mass is 10.2. The van der Waals surface area contributed by atoms with Gasteiger partial charge in [-0.1, -0.05) is 6.92 Å². The SMILES string of the molecule is CCN1CCN(CCCNC(=O)c2ccc3nc[nH]c3c2)CC1. The molecule has 1 amide bonds. The van der Waals surface area contributed by atoms with Gasteiger partial charge in [0.05, 0.1) is 17.4 Å². The summed E-state index contributed by atoms with van der Waals surface area (Å²) in [5.41, 5.74) is 2.46. The molecule has 6 nitrogen and oxygen atoms in total. The van der Waals surface area contributed by atoms with Crippen LogP contribution in [0, 0.1) is 0 Å². The van der Waals surface area contributed by atoms with Crippen LogP contribution < -0.4 is 5.32 Å². The number of aromatic amines is 1. The number of nitrogens with one attached hydrogen (secondary N) is 2. The molecule has 6 heteroatoms. The molecule has 0 spiro atoms. The average molecular weight is 315 g/mol. The molecule has 0 bridgehead atoms. The summed E-state index contributed by atoms with van der Waals surface area (Å²) in [6, 6.07) is 5.54. The Bertz CT molecular complexity index is 645. The summed E-state index contributed by atoms with van der Waals surface area (Å²) in [4.78, 5) is 24.3. The highest BCUT2D eigenvalue weighted by molar-refractivity contribution is 5.97. The number of hydrogen-bond acceptors (Lipinski definition) is 4. The maximum Gasteiger partial charge on any atom is 0.251 e. The highest BCUT2D eigenvalue weighted by atomic mass is 16.1. The number of hydrogen-bond donors (Lipinski definition) is 2. The molecule has 124 valence electrons. The number of fused-ring (bicyclic) bond motifs is 1. The summed E-state index contributed by atoms with van der Waals surface area (Å²) in [7, 11) is 0. The Morgan fingerprint density at radius 2 is 2.04 bits per heavy atom. The Morgan fingerprint density at radius 3 is 2.83 bits per heavy atom. The number of H-pyrrole nitrogens is 1. The summed E-state index contributed by atoms with van der Waals surface area (Å²) >= 11 is 0. The van der Waals surface area contributed by atoms with E-state index in [0.717, 1.165) is 56.7 Å². The van der Waals surface area contributed by atoms with Gasteiger partial charge in [-0.05, 0) is 37.7 Å². The first-order chi connectivity index (χ1) is 11.3. The third-order valence-corrected chi connectivity index (χ3v) is 4.53. The first kappa shape index (κ1) is 16.0. The van der Waals surface area contributed by atoms with Crippen LogP contribution in [-0.2, 0) is 0 Å². The second-order valence-electron chi connectivity index (χ2n) is 6.02. The second kappa shape index (κ2) is 7.57. The molecule has 1 aromatic heterocycles. The molecular weight excluding hydrogens is 290 g/mol. The minimum atomic E-state index is -0.0164. The molecule has 0 radical (unpaired) electrons. The molecule has 1 saturated heterocycles. The van der Waals surface area contributed by atoms with Crippen LogP contribution in [0.25, 0.3) is 11.0 Å². The number of likely N-dealkylation sites (N-methyl/N-ethyl adjacent to an activating group) is 1. The molecule has 3 rings (SSSR count). The molecule has 23 heavy (non-hydrogen) atoms. The van der Waals surface area contributed by atoms with Crippen LogP contribution in [0.1, 0.15) is 23.7 Å². The van der Waals surface area contributed by atoms with E-state index >= 15 is 0 Å². The number of nitrogens with zero attached hydrogens (tertiary/aromatic N) is 3. The number of rotatable bonds is 6. The Morgan fingerprint density at radius 1 is 1.26 bits per heavy atom. The van der Waals surface area contributed by atoms with E-state index in [1.165, 1.54) is 0 Å². The van der Waals surface area contributed by atoms with Crippen molar-refractivity contribution in [2.45, 2.75) is 13.3 Å². The zero-order chi connectivity index (χ0) is 16.1. The van der Waals surface area contributed by atoms with Crippen molar-refractivity contribution in [3.8, 4) is 0 Å². The van der Waals surface area contributed by atoms with Gasteiger partial charge in [0, 0.05) is 38.3 Å². The van der Waals surface area contributed by atoms with E-state index in [2.05, 4.69) is 32.0 Å². The zero-order valence-corrected chi connectivity index (χ0v) is 13.7. The van der Waals surface area contributed by atoms with Gasteiger partial charge in [0.25, 0.3) is 5.91 Å². The Hall–Kier alpha value is -1.92. The van der Waals surface area contributed by atoms with Gasteiger partial charge in [-0.3, -0.25) is 4.79 Å². The summed E-state index contributed by atoms with van der Waals surface area (Å²) in [6.45, 7) is 9.72. The van der Waals surface area contributed by atoms with Crippen molar-refractivity contribution in [1.29, 1.82) is 0 Å². The average Bonchev–Trinajstić information content (AvgIpc) is 3.06. The van der Waals surface area contributed by atoms with E-state index in [-0.39, 0.29) is 5.91 Å². The van der Waals surface area contributed by atoms with Gasteiger partial charge in [0.2, 0.25) is 0 Å². The van der Waals surface area contributed by atoms with Gasteiger partial charge >= 0.3 is 0 Å². The molecular formula is C17H25N5O. The van der Waals surface area contributed by atoms with Crippen LogP contribution >= 0.6 is 0 Å². The molecule has 1 aliphatic rings. The first-order valence-corrected chi connectivity index (χ1v) is 8.42. The molecule has 0 saturated carbocycles. The highest BCUT2D eigenvalue weighted by Crippen LogP contribution is 2.11. The van der Waals surface area contributed by atoms with Crippen molar-refractivity contribution in [2.75, 3.05) is 45.8 Å². The maximum absolute atomic E-state index is 12.2. The van der Waals surface area contributed by atoms with Crippen LogP contribution in [0.4, 0.5) is 0 Å². The molecule has 2 aromatic rings. The second-order valence-corrected chi connectivity index (χ2v) is 6.02. The quantitative estimate of drug-likeness (QED) is 0.789. The standard InChI is InChI=1S/C17H25N5O/c1-2-21-8-10-22(11-9-21)7-3-6-18-17(23)14-4-5-15-16(12-14)20-13-19-15/h4-5,12-13H,2-3,6-11H2,1H3,(H,18,23)(H,19,20). The van der Waals surface area contributed by atoms with Crippen molar-refractivity contribution < 1.29 is 4.79 Å². The molecule has 0 unspecified atom stereocenters. The van der Waals surface area contributed by atoms with E-state index in [1.807, 2.05) is 18.2 Å². The maximum atomic E-state index is 12.2. The topological polar surface area (TPSA) is 64.3 Å². The third kappa shape index (κ3) is 4.09. The van der Waals surface area contributed by atoms with Crippen molar-refractivity contribution >= 4 is 16.9 Å². The summed E-state index contributed by atoms with van der Waals surface area (Å²) < 4.78 is 0. The number of carbonyl (C=O) groups excluding carboxylic acids is 1. The van der Waals surface area contributed by atoms with Crippen molar-refractivity contribution in [2.24, 2.45) is 0 Å². The van der Waals surface area contributed by atoms with Gasteiger partial charge in [0.15, 0.2) is 0 Å². The van der Waals surface area contributed by atoms with E-state index in [1.54, 1.807) is 6.33 Å². The van der Waals surface area contributed by atoms with Gasteiger partial charge < -0.3 is 20.1 Å². The fraction of sp³-hybridized carbons (Fsp3) is 0.529. The normalized spacial score (nSPS) is 16.7. The van der Waals surface area contributed by atoms with Crippen LogP contribution in [0.3, 0.4) is 0 Å². The number of carbonyl (C=O) groups is 1. The lowest BCUT2D eigenvalue weighted by Crippen LogP contribution is -2.46. The van der Waals surface area contributed by atoms with E-state index in [0.29, 0.717) is 12.1 Å². The highest BCUT2D eigenvalue weighted by Gasteiger charge is 2.14. The van der Waals surface area contributed by atoms with Crippen LogP contribution in [0.2, 0.25) is 0 Å². The Kier molecular flexibility index (Phi) is 5.25. The third-order valence-electron chi connectivity index (χ3n) is 4.53. The van der Waals surface area contributed by atoms with Crippen LogP contribution in [0.15, 0.2) is 24.5 Å². The van der Waals surface area contributed by atoms with E-state index in [4.69, 9.17) is 0 Å². The zero-order valence-electron chi connectivity index (χ0n) is 13.7. The predicted octanol–water partition coefficient (Wildman–Crippen LogP) is 1.32. The summed E-state index contributed by atoms with van der Waals surface area (Å²) in [5, 5.41) is 3.01. The largest absolute Gasteiger partial charge is 0.352 e. The molecule has 1 aliphatic heterocycles. The minimum absolute atomic E-state index is 0.0164. The number of imidazole rings is 1. The van der Waals surface area contributed by atoms with Crippen molar-refractivity contribution in [3.05, 3.63) is 30.1 Å². The predicted molar refractivity (Wildman–Crippen MR) is 91.6 cm³/mol. The van der Waals surface area contributed by atoms with Gasteiger partial charge in [0.1, 0.15) is 0 Å². The minimum Gasteiger partial charge on any atom is -0.352 e. The molecule has 2 N–H and O–H groups in total. The number of benzene rings is 1. The monoisotopic (exact) mass is 315 g/mol. The van der Waals surface area contributed by atoms with Gasteiger partial charge in [-0.25, -0.2) is 4.98 Å². The van der Waals surface area contributed by atoms with Gasteiger partial charge in [-0.15, -0.1) is 0 Å². The van der Waals surface area contributed by atoms with Crippen molar-refractivity contribution in [1.82, 2.24) is 25.1 Å². The summed E-state index contributed by atoms with van der Waals surface area (Å²) in [5.74, 6) is -0.0164. The smallest absolute Gasteiger partial charge is 0.251 e.